The Morgan fingerprint density at radius 1 is 1.18 bits per heavy atom. The third-order valence-electron chi connectivity index (χ3n) is 2.44. The van der Waals surface area contributed by atoms with Crippen LogP contribution in [-0.2, 0) is 16.1 Å². The summed E-state index contributed by atoms with van der Waals surface area (Å²) in [6.07, 6.45) is 0. The van der Waals surface area contributed by atoms with Crippen molar-refractivity contribution in [1.29, 1.82) is 0 Å². The van der Waals surface area contributed by atoms with Crippen molar-refractivity contribution in [3.8, 4) is 11.5 Å². The summed E-state index contributed by atoms with van der Waals surface area (Å²) in [5.74, 6) is -0.751. The smallest absolute Gasteiger partial charge is 0.303 e. The van der Waals surface area contributed by atoms with E-state index in [0.29, 0.717) is 0 Å². The van der Waals surface area contributed by atoms with Crippen molar-refractivity contribution in [2.24, 2.45) is 0 Å². The molecule has 22 heavy (non-hydrogen) atoms. The van der Waals surface area contributed by atoms with Crippen molar-refractivity contribution < 1.29 is 23.8 Å². The number of benzene rings is 1. The van der Waals surface area contributed by atoms with Crippen molar-refractivity contribution in [2.75, 3.05) is 0 Å². The van der Waals surface area contributed by atoms with E-state index in [4.69, 9.17) is 4.42 Å². The molecular formula is C11H8N4O7. The maximum absolute atomic E-state index is 10.8. The molecule has 0 fully saturated rings. The zero-order chi connectivity index (χ0) is 16.3. The van der Waals surface area contributed by atoms with Crippen LogP contribution >= 0.6 is 0 Å². The van der Waals surface area contributed by atoms with E-state index in [1.54, 1.807) is 0 Å². The summed E-state index contributed by atoms with van der Waals surface area (Å²) >= 11 is 0. The highest BCUT2D eigenvalue weighted by Gasteiger charge is 2.20. The highest BCUT2D eigenvalue weighted by Crippen LogP contribution is 2.28. The fourth-order valence-corrected chi connectivity index (χ4v) is 1.52. The SMILES string of the molecule is CC(=O)OCc1nnc(-c2cc([N+](=O)[O-])cc([N+](=O)[O-])c2)o1. The number of nitro benzene ring substituents is 2. The minimum Gasteiger partial charge on any atom is -0.456 e. The van der Waals surface area contributed by atoms with Gasteiger partial charge in [0.15, 0.2) is 6.61 Å². The molecular weight excluding hydrogens is 300 g/mol. The van der Waals surface area contributed by atoms with Gasteiger partial charge in [-0.15, -0.1) is 10.2 Å². The van der Waals surface area contributed by atoms with E-state index in [-0.39, 0.29) is 24.0 Å². The molecule has 1 aromatic carbocycles. The average Bonchev–Trinajstić information content (AvgIpc) is 2.93. The number of nitrogens with zero attached hydrogens (tertiary/aromatic N) is 4. The van der Waals surface area contributed by atoms with Gasteiger partial charge in [0.25, 0.3) is 17.3 Å². The Bertz CT molecular complexity index is 722. The van der Waals surface area contributed by atoms with E-state index in [2.05, 4.69) is 14.9 Å². The largest absolute Gasteiger partial charge is 0.456 e. The monoisotopic (exact) mass is 308 g/mol. The van der Waals surface area contributed by atoms with Gasteiger partial charge in [-0.2, -0.15) is 0 Å². The second-order valence-corrected chi connectivity index (χ2v) is 4.03. The van der Waals surface area contributed by atoms with Gasteiger partial charge >= 0.3 is 5.97 Å². The average molecular weight is 308 g/mol. The van der Waals surface area contributed by atoms with Gasteiger partial charge in [0, 0.05) is 19.1 Å². The van der Waals surface area contributed by atoms with Crippen LogP contribution in [0.15, 0.2) is 22.6 Å². The first kappa shape index (κ1) is 15.0. The zero-order valence-electron chi connectivity index (χ0n) is 11.1. The topological polar surface area (TPSA) is 152 Å². The Morgan fingerprint density at radius 3 is 2.27 bits per heavy atom. The van der Waals surface area contributed by atoms with E-state index in [1.807, 2.05) is 0 Å². The summed E-state index contributed by atoms with van der Waals surface area (Å²) in [7, 11) is 0. The minimum atomic E-state index is -0.771. The maximum Gasteiger partial charge on any atom is 0.303 e. The number of hydrogen-bond acceptors (Lipinski definition) is 9. The highest BCUT2D eigenvalue weighted by molar-refractivity contribution is 5.66. The summed E-state index contributed by atoms with van der Waals surface area (Å²) in [4.78, 5) is 30.7. The Morgan fingerprint density at radius 2 is 1.77 bits per heavy atom. The fourth-order valence-electron chi connectivity index (χ4n) is 1.52. The van der Waals surface area contributed by atoms with Crippen LogP contribution in [0.5, 0.6) is 0 Å². The van der Waals surface area contributed by atoms with E-state index in [0.717, 1.165) is 18.2 Å². The third-order valence-corrected chi connectivity index (χ3v) is 2.44. The van der Waals surface area contributed by atoms with Crippen molar-refractivity contribution in [1.82, 2.24) is 10.2 Å². The molecule has 0 N–H and O–H groups in total. The highest BCUT2D eigenvalue weighted by atomic mass is 16.6. The lowest BCUT2D eigenvalue weighted by Gasteiger charge is -1.98. The summed E-state index contributed by atoms with van der Waals surface area (Å²) in [6, 6.07) is 2.95. The van der Waals surface area contributed by atoms with Crippen molar-refractivity contribution >= 4 is 17.3 Å². The van der Waals surface area contributed by atoms with Crippen LogP contribution < -0.4 is 0 Å². The summed E-state index contributed by atoms with van der Waals surface area (Å²) < 4.78 is 9.79. The van der Waals surface area contributed by atoms with Crippen LogP contribution in [0.3, 0.4) is 0 Å². The third kappa shape index (κ3) is 3.39. The number of hydrogen-bond donors (Lipinski definition) is 0. The molecule has 11 nitrogen and oxygen atoms in total. The summed E-state index contributed by atoms with van der Waals surface area (Å²) in [5, 5.41) is 28.8. The van der Waals surface area contributed by atoms with Gasteiger partial charge in [0.1, 0.15) is 0 Å². The van der Waals surface area contributed by atoms with E-state index in [1.165, 1.54) is 6.92 Å². The molecule has 0 saturated carbocycles. The zero-order valence-corrected chi connectivity index (χ0v) is 11.1. The number of carbonyl (C=O) groups excluding carboxylic acids is 1. The Labute approximate surface area is 121 Å². The molecule has 0 bridgehead atoms. The van der Waals surface area contributed by atoms with Gasteiger partial charge in [-0.3, -0.25) is 25.0 Å². The number of rotatable bonds is 5. The van der Waals surface area contributed by atoms with Crippen LogP contribution in [0.1, 0.15) is 12.8 Å². The molecule has 0 unspecified atom stereocenters. The normalized spacial score (nSPS) is 10.2. The van der Waals surface area contributed by atoms with Gasteiger partial charge < -0.3 is 9.15 Å². The number of ether oxygens (including phenoxy) is 1. The van der Waals surface area contributed by atoms with Crippen LogP contribution in [-0.4, -0.2) is 26.0 Å². The number of nitro groups is 2. The first-order valence-electron chi connectivity index (χ1n) is 5.77. The lowest BCUT2D eigenvalue weighted by atomic mass is 10.2. The second-order valence-electron chi connectivity index (χ2n) is 4.03. The molecule has 2 rings (SSSR count). The van der Waals surface area contributed by atoms with Crippen molar-refractivity contribution in [2.45, 2.75) is 13.5 Å². The first-order chi connectivity index (χ1) is 10.4. The van der Waals surface area contributed by atoms with Gasteiger partial charge in [0.05, 0.1) is 21.5 Å². The van der Waals surface area contributed by atoms with Gasteiger partial charge in [0.2, 0.25) is 5.89 Å². The number of carbonyl (C=O) groups is 1. The Hall–Kier alpha value is -3.37. The first-order valence-corrected chi connectivity index (χ1v) is 5.77. The number of aromatic nitrogens is 2. The molecule has 0 radical (unpaired) electrons. The lowest BCUT2D eigenvalue weighted by molar-refractivity contribution is -0.394. The number of esters is 1. The minimum absolute atomic E-state index is 0.0162. The summed E-state index contributed by atoms with van der Waals surface area (Å²) in [6.45, 7) is 0.931. The van der Waals surface area contributed by atoms with E-state index >= 15 is 0 Å². The molecule has 0 saturated heterocycles. The molecule has 0 aliphatic rings. The van der Waals surface area contributed by atoms with E-state index in [9.17, 15) is 25.0 Å². The molecule has 0 aliphatic heterocycles. The predicted octanol–water partition coefficient (Wildman–Crippen LogP) is 1.62. The molecule has 0 amide bonds. The lowest BCUT2D eigenvalue weighted by Crippen LogP contribution is -1.98. The molecule has 0 atom stereocenters. The fraction of sp³-hybridized carbons (Fsp3) is 0.182. The maximum atomic E-state index is 10.8. The van der Waals surface area contributed by atoms with Crippen LogP contribution in [0, 0.1) is 20.2 Å². The van der Waals surface area contributed by atoms with Crippen molar-refractivity contribution in [3.05, 3.63) is 44.3 Å². The molecule has 114 valence electrons. The van der Waals surface area contributed by atoms with Gasteiger partial charge in [-0.1, -0.05) is 0 Å². The molecule has 0 aliphatic carbocycles. The van der Waals surface area contributed by atoms with E-state index < -0.39 is 27.2 Å². The number of non-ortho nitro benzene ring substituents is 2. The van der Waals surface area contributed by atoms with Crippen LogP contribution in [0.25, 0.3) is 11.5 Å². The summed E-state index contributed by atoms with van der Waals surface area (Å²) in [5.41, 5.74) is -0.949. The molecule has 0 spiro atoms. The molecule has 11 heteroatoms. The standard InChI is InChI=1S/C11H8N4O7/c1-6(16)21-5-10-12-13-11(22-10)7-2-8(14(17)18)4-9(3-7)15(19)20/h2-4H,5H2,1H3. The molecule has 2 aromatic rings. The van der Waals surface area contributed by atoms with Gasteiger partial charge in [-0.25, -0.2) is 0 Å². The van der Waals surface area contributed by atoms with Crippen LogP contribution in [0.4, 0.5) is 11.4 Å². The molecule has 1 aromatic heterocycles. The van der Waals surface area contributed by atoms with Crippen molar-refractivity contribution in [3.63, 3.8) is 0 Å². The van der Waals surface area contributed by atoms with Crippen LogP contribution in [0.2, 0.25) is 0 Å². The Balaban J connectivity index is 2.37. The second kappa shape index (κ2) is 5.95. The quantitative estimate of drug-likeness (QED) is 0.455. The Kier molecular flexibility index (Phi) is 4.06. The predicted molar refractivity (Wildman–Crippen MR) is 68.5 cm³/mol. The molecule has 1 heterocycles. The van der Waals surface area contributed by atoms with Gasteiger partial charge in [-0.05, 0) is 0 Å².